The number of nitrogens with zero attached hydrogens (tertiary/aromatic N) is 1. The highest BCUT2D eigenvalue weighted by Gasteiger charge is 2.16. The molecular weight excluding hydrogens is 452 g/mol. The van der Waals surface area contributed by atoms with Crippen molar-refractivity contribution in [3.8, 4) is 0 Å². The van der Waals surface area contributed by atoms with Crippen LogP contribution in [-0.4, -0.2) is 35.0 Å². The van der Waals surface area contributed by atoms with Gasteiger partial charge in [-0.2, -0.15) is 11.8 Å². The fourth-order valence-electron chi connectivity index (χ4n) is 4.40. The summed E-state index contributed by atoms with van der Waals surface area (Å²) in [5.74, 6) is 0. The molecule has 0 aliphatic carbocycles. The van der Waals surface area contributed by atoms with Gasteiger partial charge in [-0.05, 0) is 67.2 Å². The Labute approximate surface area is 216 Å². The number of hydrogen-bond acceptors (Lipinski definition) is 3. The van der Waals surface area contributed by atoms with E-state index < -0.39 is 0 Å². The van der Waals surface area contributed by atoms with E-state index in [0.29, 0.717) is 5.25 Å². The quantitative estimate of drug-likeness (QED) is 0.282. The Morgan fingerprint density at radius 3 is 2.24 bits per heavy atom. The van der Waals surface area contributed by atoms with Gasteiger partial charge in [0.1, 0.15) is 0 Å². The van der Waals surface area contributed by atoms with Crippen molar-refractivity contribution in [3.63, 3.8) is 0 Å². The number of aryl methyl sites for hydroxylation is 4. The van der Waals surface area contributed by atoms with Crippen LogP contribution in [0, 0.1) is 13.8 Å². The first-order valence-corrected chi connectivity index (χ1v) is 13.8. The predicted octanol–water partition coefficient (Wildman–Crippen LogP) is 6.76. The molecule has 0 radical (unpaired) electrons. The topological polar surface area (TPSA) is 15.3 Å². The minimum Gasteiger partial charge on any atom is -0.382 e. The summed E-state index contributed by atoms with van der Waals surface area (Å²) in [6, 6.07) is 26.6. The number of nitrogens with one attached hydrogen (secondary N) is 1. The summed E-state index contributed by atoms with van der Waals surface area (Å²) in [5.41, 5.74) is 8.38. The Morgan fingerprint density at radius 2 is 1.56 bits per heavy atom. The zero-order valence-corrected chi connectivity index (χ0v) is 22.6. The molecule has 0 aliphatic rings. The molecule has 0 saturated heterocycles. The average molecular weight is 491 g/mol. The number of rotatable bonds is 12. The third-order valence-corrected chi connectivity index (χ3v) is 8.14. The van der Waals surface area contributed by atoms with Gasteiger partial charge >= 0.3 is 0 Å². The Bertz CT molecular complexity index is 1060. The van der Waals surface area contributed by atoms with Crippen molar-refractivity contribution in [2.45, 2.75) is 51.4 Å². The molecule has 180 valence electrons. The normalized spacial score (nSPS) is 12.0. The first-order chi connectivity index (χ1) is 16.5. The monoisotopic (exact) mass is 490 g/mol. The highest BCUT2D eigenvalue weighted by atomic mass is 32.2. The SMILES string of the molecule is CNC(=S)C(CCN(Cc1ccccc1C)Cc1ccccc1CCc1cccc(C)c1)SC. The number of thioether (sulfide) groups is 1. The largest absolute Gasteiger partial charge is 0.382 e. The van der Waals surface area contributed by atoms with Gasteiger partial charge in [0.2, 0.25) is 0 Å². The summed E-state index contributed by atoms with van der Waals surface area (Å²) in [7, 11) is 1.93. The maximum atomic E-state index is 5.57. The zero-order valence-electron chi connectivity index (χ0n) is 21.0. The number of hydrogen-bond donors (Lipinski definition) is 1. The molecule has 0 aromatic heterocycles. The third kappa shape index (κ3) is 7.97. The van der Waals surface area contributed by atoms with Gasteiger partial charge in [-0.15, -0.1) is 0 Å². The summed E-state index contributed by atoms with van der Waals surface area (Å²) in [6.07, 6.45) is 5.33. The van der Waals surface area contributed by atoms with E-state index in [1.165, 1.54) is 33.4 Å². The first-order valence-electron chi connectivity index (χ1n) is 12.1. The molecule has 1 N–H and O–H groups in total. The Hall–Kier alpha value is -2.14. The van der Waals surface area contributed by atoms with Gasteiger partial charge in [0.25, 0.3) is 0 Å². The van der Waals surface area contributed by atoms with Crippen LogP contribution in [0.5, 0.6) is 0 Å². The van der Waals surface area contributed by atoms with Crippen molar-refractivity contribution < 1.29 is 0 Å². The molecule has 4 heteroatoms. The van der Waals surface area contributed by atoms with Crippen LogP contribution in [0.2, 0.25) is 0 Å². The van der Waals surface area contributed by atoms with Crippen molar-refractivity contribution >= 4 is 29.0 Å². The third-order valence-electron chi connectivity index (χ3n) is 6.46. The van der Waals surface area contributed by atoms with Crippen LogP contribution >= 0.6 is 24.0 Å². The average Bonchev–Trinajstić information content (AvgIpc) is 2.85. The summed E-state index contributed by atoms with van der Waals surface area (Å²) in [5, 5.41) is 3.53. The lowest BCUT2D eigenvalue weighted by atomic mass is 9.98. The molecule has 0 fully saturated rings. The maximum absolute atomic E-state index is 5.57. The highest BCUT2D eigenvalue weighted by Crippen LogP contribution is 2.20. The highest BCUT2D eigenvalue weighted by molar-refractivity contribution is 8.01. The lowest BCUT2D eigenvalue weighted by Gasteiger charge is -2.27. The Kier molecular flexibility index (Phi) is 10.6. The molecule has 0 aliphatic heterocycles. The van der Waals surface area contributed by atoms with Gasteiger partial charge in [-0.1, -0.05) is 90.6 Å². The minimum atomic E-state index is 0.343. The standard InChI is InChI=1S/C30H38N2S2/c1-23-10-9-12-25(20-23)16-17-26-13-7-8-15-28(26)22-32(19-18-29(34-4)30(33)31-3)21-27-14-6-5-11-24(27)2/h5-15,20,29H,16-19,21-22H2,1-4H3,(H,31,33). The van der Waals surface area contributed by atoms with Crippen molar-refractivity contribution in [1.29, 1.82) is 0 Å². The van der Waals surface area contributed by atoms with E-state index >= 15 is 0 Å². The molecule has 1 unspecified atom stereocenters. The second-order valence-electron chi connectivity index (χ2n) is 9.02. The molecule has 0 heterocycles. The van der Waals surface area contributed by atoms with Crippen LogP contribution in [0.1, 0.15) is 39.8 Å². The first kappa shape index (κ1) is 26.5. The van der Waals surface area contributed by atoms with Gasteiger partial charge in [0.05, 0.1) is 10.2 Å². The van der Waals surface area contributed by atoms with E-state index in [4.69, 9.17) is 12.2 Å². The minimum absolute atomic E-state index is 0.343. The zero-order chi connectivity index (χ0) is 24.3. The van der Waals surface area contributed by atoms with Crippen molar-refractivity contribution in [2.75, 3.05) is 19.8 Å². The Balaban J connectivity index is 1.76. The molecule has 0 spiro atoms. The molecule has 0 bridgehead atoms. The van der Waals surface area contributed by atoms with Crippen LogP contribution in [0.4, 0.5) is 0 Å². The van der Waals surface area contributed by atoms with Crippen LogP contribution in [0.25, 0.3) is 0 Å². The number of thiocarbonyl (C=S) groups is 1. The van der Waals surface area contributed by atoms with E-state index in [9.17, 15) is 0 Å². The fraction of sp³-hybridized carbons (Fsp3) is 0.367. The number of benzene rings is 3. The van der Waals surface area contributed by atoms with E-state index in [1.54, 1.807) is 0 Å². The van der Waals surface area contributed by atoms with Crippen LogP contribution in [0.15, 0.2) is 72.8 Å². The second-order valence-corrected chi connectivity index (χ2v) is 10.5. The molecule has 3 rings (SSSR count). The molecule has 2 nitrogen and oxygen atoms in total. The summed E-state index contributed by atoms with van der Waals surface area (Å²) >= 11 is 7.41. The molecule has 1 atom stereocenters. The Morgan fingerprint density at radius 1 is 0.882 bits per heavy atom. The van der Waals surface area contributed by atoms with Crippen LogP contribution < -0.4 is 5.32 Å². The van der Waals surface area contributed by atoms with Gasteiger partial charge in [-0.3, -0.25) is 4.90 Å². The van der Waals surface area contributed by atoms with Crippen molar-refractivity contribution in [1.82, 2.24) is 10.2 Å². The van der Waals surface area contributed by atoms with E-state index in [1.807, 2.05) is 18.8 Å². The summed E-state index contributed by atoms with van der Waals surface area (Å²) < 4.78 is 0. The molecule has 0 amide bonds. The molecule has 3 aromatic rings. The summed E-state index contributed by atoms with van der Waals surface area (Å²) in [6.45, 7) is 7.29. The van der Waals surface area contributed by atoms with Crippen molar-refractivity contribution in [2.24, 2.45) is 0 Å². The van der Waals surface area contributed by atoms with Crippen LogP contribution in [-0.2, 0) is 25.9 Å². The maximum Gasteiger partial charge on any atom is 0.0883 e. The van der Waals surface area contributed by atoms with Crippen LogP contribution in [0.3, 0.4) is 0 Å². The van der Waals surface area contributed by atoms with Gasteiger partial charge in [0, 0.05) is 26.7 Å². The van der Waals surface area contributed by atoms with Crippen molar-refractivity contribution in [3.05, 3.63) is 106 Å². The van der Waals surface area contributed by atoms with Gasteiger partial charge in [0.15, 0.2) is 0 Å². The lowest BCUT2D eigenvalue weighted by Crippen LogP contribution is -2.32. The van der Waals surface area contributed by atoms with E-state index in [0.717, 1.165) is 43.9 Å². The molecular formula is C30H38N2S2. The predicted molar refractivity (Wildman–Crippen MR) is 154 cm³/mol. The lowest BCUT2D eigenvalue weighted by molar-refractivity contribution is 0.254. The van der Waals surface area contributed by atoms with E-state index in [-0.39, 0.29) is 0 Å². The fourth-order valence-corrected chi connectivity index (χ4v) is 5.48. The van der Waals surface area contributed by atoms with E-state index in [2.05, 4.69) is 103 Å². The van der Waals surface area contributed by atoms with Gasteiger partial charge < -0.3 is 5.32 Å². The molecule has 0 saturated carbocycles. The van der Waals surface area contributed by atoms with Gasteiger partial charge in [-0.25, -0.2) is 0 Å². The second kappa shape index (κ2) is 13.7. The molecule has 34 heavy (non-hydrogen) atoms. The summed E-state index contributed by atoms with van der Waals surface area (Å²) in [4.78, 5) is 3.54. The smallest absolute Gasteiger partial charge is 0.0883 e. The molecule has 3 aromatic carbocycles.